The van der Waals surface area contributed by atoms with Gasteiger partial charge in [-0.3, -0.25) is 4.90 Å². The highest BCUT2D eigenvalue weighted by Crippen LogP contribution is 2.37. The van der Waals surface area contributed by atoms with Crippen molar-refractivity contribution in [3.8, 4) is 0 Å². The summed E-state index contributed by atoms with van der Waals surface area (Å²) in [6.45, 7) is 0.605. The first-order valence-corrected chi connectivity index (χ1v) is 11.1. The van der Waals surface area contributed by atoms with Crippen molar-refractivity contribution in [3.63, 3.8) is 0 Å². The molecule has 0 saturated carbocycles. The third-order valence-corrected chi connectivity index (χ3v) is 7.38. The molecule has 3 aliphatic rings. The van der Waals surface area contributed by atoms with E-state index < -0.39 is 0 Å². The average Bonchev–Trinajstić information content (AvgIpc) is 2.92. The van der Waals surface area contributed by atoms with Crippen LogP contribution in [0.4, 0.5) is 9.18 Å². The summed E-state index contributed by atoms with van der Waals surface area (Å²) >= 11 is 0. The van der Waals surface area contributed by atoms with Gasteiger partial charge in [-0.05, 0) is 74.4 Å². The molecule has 5 heteroatoms. The molecular formula is C25H29FN2O2. The van der Waals surface area contributed by atoms with Gasteiger partial charge in [-0.2, -0.15) is 0 Å². The minimum Gasteiger partial charge on any atom is -0.444 e. The van der Waals surface area contributed by atoms with Crippen LogP contribution in [-0.2, 0) is 17.6 Å². The molecule has 0 aromatic heterocycles. The van der Waals surface area contributed by atoms with Crippen LogP contribution in [0.25, 0.3) is 0 Å². The summed E-state index contributed by atoms with van der Waals surface area (Å²) in [7, 11) is 2.16. The van der Waals surface area contributed by atoms with E-state index in [1.54, 1.807) is 12.1 Å². The minimum absolute atomic E-state index is 0.0410. The fourth-order valence-electron chi connectivity index (χ4n) is 5.64. The fraction of sp³-hybridized carbons (Fsp3) is 0.480. The number of halogens is 1. The van der Waals surface area contributed by atoms with Gasteiger partial charge in [-0.1, -0.05) is 36.4 Å². The Bertz CT molecular complexity index is 916. The first-order chi connectivity index (χ1) is 14.6. The van der Waals surface area contributed by atoms with Gasteiger partial charge in [0, 0.05) is 18.6 Å². The van der Waals surface area contributed by atoms with Gasteiger partial charge in [-0.25, -0.2) is 9.18 Å². The van der Waals surface area contributed by atoms with Gasteiger partial charge in [-0.15, -0.1) is 0 Å². The summed E-state index contributed by atoms with van der Waals surface area (Å²) in [5.74, 6) is -0.261. The van der Waals surface area contributed by atoms with E-state index in [2.05, 4.69) is 24.1 Å². The van der Waals surface area contributed by atoms with Gasteiger partial charge in [0.2, 0.25) is 0 Å². The third kappa shape index (κ3) is 3.60. The van der Waals surface area contributed by atoms with Crippen molar-refractivity contribution in [2.45, 2.75) is 62.8 Å². The normalized spacial score (nSPS) is 28.7. The molecule has 2 bridgehead atoms. The minimum atomic E-state index is -0.261. The molecule has 0 spiro atoms. The standard InChI is InChI=1S/C25H29FN2O2/c1-27-21-10-12-22(27)24(13-11-21)30-25(29)28-15-14-17-4-2-3-5-19(17)16-23(28)18-6-8-20(26)9-7-18/h2-9,21-24H,10-16H2,1H3/t21?,22?,23?,24-/m1/s1. The number of rotatable bonds is 2. The summed E-state index contributed by atoms with van der Waals surface area (Å²) < 4.78 is 19.7. The highest BCUT2D eigenvalue weighted by atomic mass is 19.1. The number of ether oxygens (including phenoxy) is 1. The fourth-order valence-corrected chi connectivity index (χ4v) is 5.64. The predicted octanol–water partition coefficient (Wildman–Crippen LogP) is 4.73. The van der Waals surface area contributed by atoms with Crippen LogP contribution < -0.4 is 0 Å². The Balaban J connectivity index is 1.41. The van der Waals surface area contributed by atoms with Crippen molar-refractivity contribution >= 4 is 6.09 Å². The van der Waals surface area contributed by atoms with Crippen molar-refractivity contribution in [3.05, 3.63) is 71.0 Å². The molecule has 2 aromatic rings. The number of likely N-dealkylation sites (N-methyl/N-ethyl adjacent to an activating group) is 1. The maximum atomic E-state index is 13.6. The summed E-state index contributed by atoms with van der Waals surface area (Å²) in [4.78, 5) is 17.7. The molecule has 3 aliphatic heterocycles. The molecule has 3 heterocycles. The number of hydrogen-bond acceptors (Lipinski definition) is 3. The van der Waals surface area contributed by atoms with Crippen LogP contribution in [0.15, 0.2) is 48.5 Å². The molecular weight excluding hydrogens is 379 g/mol. The lowest BCUT2D eigenvalue weighted by atomic mass is 9.96. The van der Waals surface area contributed by atoms with Crippen LogP contribution in [0.5, 0.6) is 0 Å². The smallest absolute Gasteiger partial charge is 0.410 e. The molecule has 30 heavy (non-hydrogen) atoms. The average molecular weight is 409 g/mol. The molecule has 0 N–H and O–H groups in total. The Labute approximate surface area is 177 Å². The molecule has 3 unspecified atom stereocenters. The maximum Gasteiger partial charge on any atom is 0.410 e. The zero-order valence-corrected chi connectivity index (χ0v) is 17.5. The van der Waals surface area contributed by atoms with Crippen molar-refractivity contribution in [2.75, 3.05) is 13.6 Å². The number of piperidine rings is 1. The number of carbonyl (C=O) groups excluding carboxylic acids is 1. The Kier molecular flexibility index (Phi) is 5.23. The largest absolute Gasteiger partial charge is 0.444 e. The van der Waals surface area contributed by atoms with Gasteiger partial charge >= 0.3 is 6.09 Å². The van der Waals surface area contributed by atoms with Gasteiger partial charge in [0.15, 0.2) is 0 Å². The maximum absolute atomic E-state index is 13.6. The Hall–Kier alpha value is -2.40. The predicted molar refractivity (Wildman–Crippen MR) is 114 cm³/mol. The molecule has 4 atom stereocenters. The lowest BCUT2D eigenvalue weighted by Crippen LogP contribution is -2.48. The second-order valence-corrected chi connectivity index (χ2v) is 8.95. The molecule has 1 amide bonds. The molecule has 2 fully saturated rings. The van der Waals surface area contributed by atoms with E-state index in [0.717, 1.165) is 31.2 Å². The summed E-state index contributed by atoms with van der Waals surface area (Å²) in [6, 6.07) is 15.7. The number of nitrogens with zero attached hydrogens (tertiary/aromatic N) is 2. The van der Waals surface area contributed by atoms with Crippen molar-refractivity contribution in [2.24, 2.45) is 0 Å². The zero-order valence-electron chi connectivity index (χ0n) is 17.5. The lowest BCUT2D eigenvalue weighted by molar-refractivity contribution is -0.0101. The summed E-state index contributed by atoms with van der Waals surface area (Å²) in [5, 5.41) is 0. The van der Waals surface area contributed by atoms with E-state index in [0.29, 0.717) is 25.0 Å². The topological polar surface area (TPSA) is 32.8 Å². The number of benzene rings is 2. The van der Waals surface area contributed by atoms with Crippen LogP contribution in [0, 0.1) is 5.82 Å². The van der Waals surface area contributed by atoms with Gasteiger partial charge in [0.1, 0.15) is 11.9 Å². The van der Waals surface area contributed by atoms with E-state index in [4.69, 9.17) is 4.74 Å². The zero-order chi connectivity index (χ0) is 20.7. The highest BCUT2D eigenvalue weighted by molar-refractivity contribution is 5.69. The van der Waals surface area contributed by atoms with Crippen molar-refractivity contribution in [1.29, 1.82) is 0 Å². The summed E-state index contributed by atoms with van der Waals surface area (Å²) in [6.07, 6.45) is 5.59. The molecule has 5 rings (SSSR count). The second-order valence-electron chi connectivity index (χ2n) is 8.95. The number of amides is 1. The molecule has 0 aliphatic carbocycles. The number of fused-ring (bicyclic) bond motifs is 3. The van der Waals surface area contributed by atoms with Gasteiger partial charge in [0.05, 0.1) is 6.04 Å². The Morgan fingerprint density at radius 3 is 2.53 bits per heavy atom. The van der Waals surface area contributed by atoms with Crippen molar-refractivity contribution in [1.82, 2.24) is 9.80 Å². The van der Waals surface area contributed by atoms with E-state index in [1.165, 1.54) is 29.7 Å². The number of hydrogen-bond donors (Lipinski definition) is 0. The van der Waals surface area contributed by atoms with E-state index >= 15 is 0 Å². The van der Waals surface area contributed by atoms with Crippen LogP contribution in [0.3, 0.4) is 0 Å². The molecule has 4 nitrogen and oxygen atoms in total. The van der Waals surface area contributed by atoms with Crippen LogP contribution >= 0.6 is 0 Å². The molecule has 2 saturated heterocycles. The quantitative estimate of drug-likeness (QED) is 0.720. The lowest BCUT2D eigenvalue weighted by Gasteiger charge is -2.38. The van der Waals surface area contributed by atoms with E-state index in [9.17, 15) is 9.18 Å². The Morgan fingerprint density at radius 1 is 1.00 bits per heavy atom. The first-order valence-electron chi connectivity index (χ1n) is 11.1. The first kappa shape index (κ1) is 19.6. The molecule has 2 aromatic carbocycles. The Morgan fingerprint density at radius 2 is 1.73 bits per heavy atom. The molecule has 0 radical (unpaired) electrons. The second kappa shape index (κ2) is 8.03. The third-order valence-electron chi connectivity index (χ3n) is 7.38. The van der Waals surface area contributed by atoms with Crippen LogP contribution in [0.1, 0.15) is 48.4 Å². The van der Waals surface area contributed by atoms with E-state index in [-0.39, 0.29) is 24.1 Å². The molecule has 158 valence electrons. The van der Waals surface area contributed by atoms with Crippen LogP contribution in [0.2, 0.25) is 0 Å². The van der Waals surface area contributed by atoms with E-state index in [1.807, 2.05) is 17.0 Å². The van der Waals surface area contributed by atoms with Gasteiger partial charge < -0.3 is 9.64 Å². The van der Waals surface area contributed by atoms with Crippen LogP contribution in [-0.4, -0.2) is 47.7 Å². The number of carbonyl (C=O) groups is 1. The monoisotopic (exact) mass is 408 g/mol. The van der Waals surface area contributed by atoms with Crippen molar-refractivity contribution < 1.29 is 13.9 Å². The SMILES string of the molecule is CN1C2CCC1[C@H](OC(=O)N1CCc3ccccc3CC1c1ccc(F)cc1)CC2. The summed E-state index contributed by atoms with van der Waals surface area (Å²) in [5.41, 5.74) is 3.47. The van der Waals surface area contributed by atoms with Gasteiger partial charge in [0.25, 0.3) is 0 Å². The highest BCUT2D eigenvalue weighted by Gasteiger charge is 2.43.